The second-order valence-corrected chi connectivity index (χ2v) is 16.0. The van der Waals surface area contributed by atoms with E-state index >= 15 is 4.57 Å². The van der Waals surface area contributed by atoms with Crippen molar-refractivity contribution < 1.29 is 23.1 Å². The lowest BCUT2D eigenvalue weighted by Crippen LogP contribution is -2.37. The van der Waals surface area contributed by atoms with E-state index < -0.39 is 19.4 Å². The monoisotopic (exact) mass is 646 g/mol. The molecule has 0 heterocycles. The lowest BCUT2D eigenvalue weighted by Gasteiger charge is -2.43. The van der Waals surface area contributed by atoms with Crippen LogP contribution in [0.15, 0.2) is 59.1 Å². The van der Waals surface area contributed by atoms with Crippen LogP contribution >= 0.6 is 23.5 Å². The Bertz CT molecular complexity index is 1130. The first-order valence-corrected chi connectivity index (χ1v) is 17.8. The van der Waals surface area contributed by atoms with Gasteiger partial charge in [0, 0.05) is 10.0 Å². The van der Waals surface area contributed by atoms with Crippen LogP contribution in [0.4, 0.5) is 0 Å². The molecule has 2 saturated carbocycles. The Morgan fingerprint density at radius 1 is 0.780 bits per heavy atom. The van der Waals surface area contributed by atoms with Crippen LogP contribution in [0.3, 0.4) is 0 Å². The predicted octanol–water partition coefficient (Wildman–Crippen LogP) is 10.5. The zero-order valence-electron chi connectivity index (χ0n) is 25.5. The van der Waals surface area contributed by atoms with Crippen LogP contribution in [0, 0.1) is 35.5 Å². The highest BCUT2D eigenvalue weighted by molar-refractivity contribution is 9.10. The van der Waals surface area contributed by atoms with Gasteiger partial charge in [0.05, 0.1) is 17.8 Å². The molecule has 0 N–H and O–H groups in total. The lowest BCUT2D eigenvalue weighted by molar-refractivity contribution is -0.0207. The number of hydrogen-bond donors (Lipinski definition) is 0. The minimum absolute atomic E-state index is 0.239. The molecule has 0 bridgehead atoms. The molecule has 2 fully saturated rings. The van der Waals surface area contributed by atoms with Crippen LogP contribution in [0.1, 0.15) is 102 Å². The Balaban J connectivity index is 1.79. The lowest BCUT2D eigenvalue weighted by atomic mass is 9.75. The third-order valence-corrected chi connectivity index (χ3v) is 11.8. The fourth-order valence-corrected chi connectivity index (χ4v) is 9.21. The number of benzene rings is 2. The smallest absolute Gasteiger partial charge is 0.376 e. The maximum atomic E-state index is 15.5. The molecule has 0 saturated heterocycles. The van der Waals surface area contributed by atoms with Crippen LogP contribution in [0.5, 0.6) is 0 Å². The van der Waals surface area contributed by atoms with Gasteiger partial charge in [0.25, 0.3) is 0 Å². The van der Waals surface area contributed by atoms with Crippen molar-refractivity contribution in [3.8, 4) is 0 Å². The summed E-state index contributed by atoms with van der Waals surface area (Å²) in [6.45, 7) is 13.3. The van der Waals surface area contributed by atoms with Crippen LogP contribution in [0.25, 0.3) is 0 Å². The Morgan fingerprint density at radius 3 is 1.73 bits per heavy atom. The molecular weight excluding hydrogens is 599 g/mol. The zero-order valence-corrected chi connectivity index (χ0v) is 28.0. The van der Waals surface area contributed by atoms with E-state index in [0.717, 1.165) is 43.0 Å². The highest BCUT2D eigenvalue weighted by Gasteiger charge is 2.49. The third-order valence-electron chi connectivity index (χ3n) is 9.16. The molecule has 4 rings (SSSR count). The maximum absolute atomic E-state index is 15.5. The SMILES string of the molecule is CC(C)[C@H]1CC[C@@H](C)C[C@H]1OP(=O)(O[C@@H]1C[C@@H](C)CC[C@@H]1C(C)C)[C@H](OC(=O)c1ccccc1)c1ccc(Br)cc1. The van der Waals surface area contributed by atoms with Gasteiger partial charge in [-0.3, -0.25) is 4.57 Å². The molecular formula is C34H48BrO5P. The number of ether oxygens (including phenoxy) is 1. The molecule has 41 heavy (non-hydrogen) atoms. The van der Waals surface area contributed by atoms with E-state index in [0.29, 0.717) is 34.8 Å². The van der Waals surface area contributed by atoms with Crippen molar-refractivity contribution in [3.63, 3.8) is 0 Å². The number of halogens is 1. The Kier molecular flexibility index (Phi) is 11.4. The van der Waals surface area contributed by atoms with Gasteiger partial charge in [-0.1, -0.05) is 101 Å². The summed E-state index contributed by atoms with van der Waals surface area (Å²) in [4.78, 5) is 13.5. The summed E-state index contributed by atoms with van der Waals surface area (Å²) in [5.41, 5.74) is 1.01. The Morgan fingerprint density at radius 2 is 1.27 bits per heavy atom. The molecule has 2 aromatic carbocycles. The topological polar surface area (TPSA) is 61.8 Å². The zero-order chi connectivity index (χ0) is 29.7. The molecule has 2 aliphatic rings. The number of esters is 1. The molecule has 0 aliphatic heterocycles. The highest BCUT2D eigenvalue weighted by atomic mass is 79.9. The second kappa shape index (κ2) is 14.3. The molecule has 0 amide bonds. The molecule has 0 spiro atoms. The normalized spacial score (nSPS) is 29.2. The van der Waals surface area contributed by atoms with E-state index in [1.54, 1.807) is 24.3 Å². The van der Waals surface area contributed by atoms with Gasteiger partial charge in [0.2, 0.25) is 5.85 Å². The standard InChI is InChI=1S/C34H48BrO5P/c1-22(2)29-18-12-24(5)20-31(29)39-41(37,40-32-21-25(6)13-19-30(32)23(3)4)34(27-14-16-28(35)17-15-27)38-33(36)26-10-8-7-9-11-26/h7-11,14-17,22-25,29-32,34H,12-13,18-21H2,1-6H3/t24-,25+,29-,30-,31-,32-,34+,41?/m1/s1. The van der Waals surface area contributed by atoms with Gasteiger partial charge < -0.3 is 13.8 Å². The quantitative estimate of drug-likeness (QED) is 0.190. The average Bonchev–Trinajstić information content (AvgIpc) is 2.92. The number of hydrogen-bond acceptors (Lipinski definition) is 5. The minimum Gasteiger partial charge on any atom is -0.441 e. The van der Waals surface area contributed by atoms with Crippen molar-refractivity contribution >= 4 is 29.5 Å². The van der Waals surface area contributed by atoms with Gasteiger partial charge in [-0.05, 0) is 85.5 Å². The summed E-state index contributed by atoms with van der Waals surface area (Å²) < 4.78 is 36.2. The molecule has 7 heteroatoms. The van der Waals surface area contributed by atoms with Crippen molar-refractivity contribution in [1.82, 2.24) is 0 Å². The summed E-state index contributed by atoms with van der Waals surface area (Å²) >= 11 is 3.51. The summed E-state index contributed by atoms with van der Waals surface area (Å²) in [5.74, 6) is 0.446. The van der Waals surface area contributed by atoms with Crippen LogP contribution in [-0.2, 0) is 18.3 Å². The van der Waals surface area contributed by atoms with Crippen molar-refractivity contribution in [2.45, 2.75) is 98.1 Å². The van der Waals surface area contributed by atoms with Gasteiger partial charge >= 0.3 is 13.6 Å². The molecule has 5 nitrogen and oxygen atoms in total. The predicted molar refractivity (Wildman–Crippen MR) is 169 cm³/mol. The third kappa shape index (κ3) is 8.34. The van der Waals surface area contributed by atoms with E-state index in [9.17, 15) is 4.79 Å². The molecule has 0 aromatic heterocycles. The fourth-order valence-electron chi connectivity index (χ4n) is 6.67. The number of carbonyl (C=O) groups excluding carboxylic acids is 1. The van der Waals surface area contributed by atoms with E-state index in [1.807, 2.05) is 30.3 Å². The van der Waals surface area contributed by atoms with Crippen molar-refractivity contribution in [1.29, 1.82) is 0 Å². The molecule has 8 atom stereocenters. The van der Waals surface area contributed by atoms with Gasteiger partial charge in [-0.2, -0.15) is 0 Å². The number of rotatable bonds is 10. The van der Waals surface area contributed by atoms with Crippen molar-refractivity contribution in [2.75, 3.05) is 0 Å². The van der Waals surface area contributed by atoms with Crippen molar-refractivity contribution in [2.24, 2.45) is 35.5 Å². The largest absolute Gasteiger partial charge is 0.441 e. The Labute approximate surface area is 255 Å². The summed E-state index contributed by atoms with van der Waals surface area (Å²) in [6.07, 6.45) is 5.43. The van der Waals surface area contributed by atoms with E-state index in [4.69, 9.17) is 13.8 Å². The number of carbonyl (C=O) groups is 1. The van der Waals surface area contributed by atoms with Gasteiger partial charge in [-0.15, -0.1) is 0 Å². The molecule has 1 unspecified atom stereocenters. The van der Waals surface area contributed by atoms with E-state index in [-0.39, 0.29) is 24.0 Å². The van der Waals surface area contributed by atoms with Crippen LogP contribution < -0.4 is 0 Å². The minimum atomic E-state index is -4.04. The first-order valence-electron chi connectivity index (χ1n) is 15.4. The van der Waals surface area contributed by atoms with Crippen molar-refractivity contribution in [3.05, 3.63) is 70.2 Å². The average molecular weight is 648 g/mol. The van der Waals surface area contributed by atoms with Gasteiger partial charge in [0.15, 0.2) is 0 Å². The van der Waals surface area contributed by atoms with E-state index in [2.05, 4.69) is 57.5 Å². The summed E-state index contributed by atoms with van der Waals surface area (Å²) in [7, 11) is -4.04. The molecule has 226 valence electrons. The molecule has 0 radical (unpaired) electrons. The van der Waals surface area contributed by atoms with Crippen LogP contribution in [-0.4, -0.2) is 18.2 Å². The van der Waals surface area contributed by atoms with Crippen LogP contribution in [0.2, 0.25) is 0 Å². The summed E-state index contributed by atoms with van der Waals surface area (Å²) in [6, 6.07) is 16.3. The van der Waals surface area contributed by atoms with Gasteiger partial charge in [-0.25, -0.2) is 4.79 Å². The Hall–Kier alpha value is -1.46. The molecule has 2 aliphatic carbocycles. The highest BCUT2D eigenvalue weighted by Crippen LogP contribution is 2.66. The summed E-state index contributed by atoms with van der Waals surface area (Å²) in [5, 5.41) is 0. The fraction of sp³-hybridized carbons (Fsp3) is 0.618. The van der Waals surface area contributed by atoms with Gasteiger partial charge in [0.1, 0.15) is 0 Å². The first kappa shape index (κ1) is 32.5. The second-order valence-electron chi connectivity index (χ2n) is 13.2. The first-order chi connectivity index (χ1) is 19.5. The van der Waals surface area contributed by atoms with E-state index in [1.165, 1.54) is 0 Å². The molecule has 2 aromatic rings. The maximum Gasteiger partial charge on any atom is 0.376 e.